The molecule has 1 N–H and O–H groups in total. The normalized spacial score (nSPS) is 42.0. The maximum absolute atomic E-state index is 6.25. The van der Waals surface area contributed by atoms with Crippen molar-refractivity contribution in [2.45, 2.75) is 75.3 Å². The molecular weight excluding hydrogens is 252 g/mol. The standard InChI is InChI=1S/C16H28N2O2/c1-2-15-16(3-1)19-9-8-18(15)11-14-7-6-13(20-14)10-17-12-4-5-12/h12-17H,1-11H2. The fraction of sp³-hybridized carbons (Fsp3) is 1.00. The number of hydrogen-bond donors (Lipinski definition) is 1. The lowest BCUT2D eigenvalue weighted by molar-refractivity contribution is -0.0739. The van der Waals surface area contributed by atoms with E-state index in [1.165, 1.54) is 44.9 Å². The van der Waals surface area contributed by atoms with Crippen molar-refractivity contribution in [1.29, 1.82) is 0 Å². The van der Waals surface area contributed by atoms with Gasteiger partial charge in [-0.1, -0.05) is 0 Å². The third kappa shape index (κ3) is 3.03. The Morgan fingerprint density at radius 2 is 1.90 bits per heavy atom. The summed E-state index contributed by atoms with van der Waals surface area (Å²) in [5.41, 5.74) is 0. The third-order valence-electron chi connectivity index (χ3n) is 5.44. The molecular formula is C16H28N2O2. The number of rotatable bonds is 5. The fourth-order valence-corrected chi connectivity index (χ4v) is 4.14. The van der Waals surface area contributed by atoms with E-state index in [2.05, 4.69) is 10.2 Å². The molecule has 4 unspecified atom stereocenters. The summed E-state index contributed by atoms with van der Waals surface area (Å²) in [6.07, 6.45) is 10.6. The molecule has 0 amide bonds. The van der Waals surface area contributed by atoms with Crippen molar-refractivity contribution in [3.63, 3.8) is 0 Å². The van der Waals surface area contributed by atoms with Gasteiger partial charge in [-0.05, 0) is 44.9 Å². The van der Waals surface area contributed by atoms with Crippen LogP contribution in [0.4, 0.5) is 0 Å². The van der Waals surface area contributed by atoms with Gasteiger partial charge in [0.25, 0.3) is 0 Å². The van der Waals surface area contributed by atoms with Crippen molar-refractivity contribution < 1.29 is 9.47 Å². The highest BCUT2D eigenvalue weighted by molar-refractivity contribution is 4.91. The van der Waals surface area contributed by atoms with Crippen LogP contribution in [0.1, 0.15) is 44.9 Å². The van der Waals surface area contributed by atoms with Gasteiger partial charge in [-0.25, -0.2) is 0 Å². The van der Waals surface area contributed by atoms with Crippen molar-refractivity contribution >= 4 is 0 Å². The smallest absolute Gasteiger partial charge is 0.0730 e. The largest absolute Gasteiger partial charge is 0.375 e. The molecule has 4 aliphatic rings. The van der Waals surface area contributed by atoms with Gasteiger partial charge in [0, 0.05) is 31.7 Å². The first-order valence-corrected chi connectivity index (χ1v) is 8.63. The molecule has 0 spiro atoms. The molecule has 0 radical (unpaired) electrons. The molecule has 114 valence electrons. The number of ether oxygens (including phenoxy) is 2. The summed E-state index contributed by atoms with van der Waals surface area (Å²) in [7, 11) is 0. The molecule has 4 atom stereocenters. The molecule has 2 saturated carbocycles. The minimum atomic E-state index is 0.459. The van der Waals surface area contributed by atoms with Crippen LogP contribution in [0.3, 0.4) is 0 Å². The summed E-state index contributed by atoms with van der Waals surface area (Å²) in [6.45, 7) is 4.22. The highest BCUT2D eigenvalue weighted by Crippen LogP contribution is 2.31. The Morgan fingerprint density at radius 3 is 2.80 bits per heavy atom. The zero-order chi connectivity index (χ0) is 13.4. The van der Waals surface area contributed by atoms with Crippen LogP contribution in [0.15, 0.2) is 0 Å². The number of fused-ring (bicyclic) bond motifs is 1. The molecule has 2 aliphatic heterocycles. The topological polar surface area (TPSA) is 33.7 Å². The van der Waals surface area contributed by atoms with E-state index in [0.717, 1.165) is 32.3 Å². The number of hydrogen-bond acceptors (Lipinski definition) is 4. The van der Waals surface area contributed by atoms with Crippen LogP contribution in [0, 0.1) is 0 Å². The predicted molar refractivity (Wildman–Crippen MR) is 77.9 cm³/mol. The highest BCUT2D eigenvalue weighted by Gasteiger charge is 2.38. The maximum Gasteiger partial charge on any atom is 0.0730 e. The molecule has 2 saturated heterocycles. The Balaban J connectivity index is 1.24. The highest BCUT2D eigenvalue weighted by atomic mass is 16.5. The second kappa shape index (κ2) is 5.91. The molecule has 2 heterocycles. The van der Waals surface area contributed by atoms with E-state index >= 15 is 0 Å². The first-order valence-electron chi connectivity index (χ1n) is 8.63. The van der Waals surface area contributed by atoms with E-state index in [-0.39, 0.29) is 0 Å². The quantitative estimate of drug-likeness (QED) is 0.828. The molecule has 0 aromatic rings. The Morgan fingerprint density at radius 1 is 1.00 bits per heavy atom. The molecule has 4 heteroatoms. The maximum atomic E-state index is 6.25. The van der Waals surface area contributed by atoms with Crippen LogP contribution < -0.4 is 5.32 Å². The lowest BCUT2D eigenvalue weighted by Gasteiger charge is -2.38. The lowest BCUT2D eigenvalue weighted by atomic mass is 10.1. The van der Waals surface area contributed by atoms with E-state index in [9.17, 15) is 0 Å². The van der Waals surface area contributed by atoms with Crippen molar-refractivity contribution in [3.8, 4) is 0 Å². The SMILES string of the molecule is C1CC2OCCN(CC3CCC(CNC4CC4)O3)C2C1. The van der Waals surface area contributed by atoms with Crippen LogP contribution in [0.25, 0.3) is 0 Å². The second-order valence-electron chi connectivity index (χ2n) is 7.04. The van der Waals surface area contributed by atoms with Gasteiger partial charge in [-0.2, -0.15) is 0 Å². The van der Waals surface area contributed by atoms with Crippen LogP contribution in [0.2, 0.25) is 0 Å². The van der Waals surface area contributed by atoms with E-state index in [4.69, 9.17) is 9.47 Å². The number of nitrogens with zero attached hydrogens (tertiary/aromatic N) is 1. The second-order valence-corrected chi connectivity index (χ2v) is 7.04. The van der Waals surface area contributed by atoms with E-state index in [0.29, 0.717) is 24.4 Å². The van der Waals surface area contributed by atoms with Gasteiger partial charge in [-0.15, -0.1) is 0 Å². The van der Waals surface area contributed by atoms with Crippen LogP contribution in [-0.2, 0) is 9.47 Å². The Hall–Kier alpha value is -0.160. The van der Waals surface area contributed by atoms with Gasteiger partial charge in [0.2, 0.25) is 0 Å². The predicted octanol–water partition coefficient (Wildman–Crippen LogP) is 1.54. The molecule has 0 bridgehead atoms. The van der Waals surface area contributed by atoms with Crippen molar-refractivity contribution in [1.82, 2.24) is 10.2 Å². The zero-order valence-electron chi connectivity index (χ0n) is 12.4. The summed E-state index contributed by atoms with van der Waals surface area (Å²) in [5.74, 6) is 0. The van der Waals surface area contributed by atoms with Crippen LogP contribution in [0.5, 0.6) is 0 Å². The zero-order valence-corrected chi connectivity index (χ0v) is 12.4. The third-order valence-corrected chi connectivity index (χ3v) is 5.44. The van der Waals surface area contributed by atoms with E-state index < -0.39 is 0 Å². The molecule has 4 fully saturated rings. The van der Waals surface area contributed by atoms with Crippen molar-refractivity contribution in [3.05, 3.63) is 0 Å². The van der Waals surface area contributed by atoms with Gasteiger partial charge in [0.05, 0.1) is 24.9 Å². The molecule has 4 rings (SSSR count). The Bertz CT molecular complexity index is 334. The summed E-state index contributed by atoms with van der Waals surface area (Å²) in [4.78, 5) is 2.66. The molecule has 0 aromatic heterocycles. The molecule has 2 aliphatic carbocycles. The molecule has 4 nitrogen and oxygen atoms in total. The van der Waals surface area contributed by atoms with Gasteiger partial charge >= 0.3 is 0 Å². The number of morpholine rings is 1. The summed E-state index contributed by atoms with van der Waals surface area (Å²) in [5, 5.41) is 3.60. The monoisotopic (exact) mass is 280 g/mol. The molecule has 20 heavy (non-hydrogen) atoms. The van der Waals surface area contributed by atoms with Crippen molar-refractivity contribution in [2.75, 3.05) is 26.2 Å². The van der Waals surface area contributed by atoms with E-state index in [1.54, 1.807) is 0 Å². The lowest BCUT2D eigenvalue weighted by Crippen LogP contribution is -2.51. The Labute approximate surface area is 122 Å². The Kier molecular flexibility index (Phi) is 3.99. The number of nitrogens with one attached hydrogen (secondary N) is 1. The fourth-order valence-electron chi connectivity index (χ4n) is 4.14. The first kappa shape index (κ1) is 13.5. The van der Waals surface area contributed by atoms with Crippen LogP contribution in [-0.4, -0.2) is 61.5 Å². The minimum Gasteiger partial charge on any atom is -0.375 e. The van der Waals surface area contributed by atoms with Crippen LogP contribution >= 0.6 is 0 Å². The average molecular weight is 280 g/mol. The van der Waals surface area contributed by atoms with E-state index in [1.807, 2.05) is 0 Å². The van der Waals surface area contributed by atoms with Gasteiger partial charge in [0.15, 0.2) is 0 Å². The van der Waals surface area contributed by atoms with Gasteiger partial charge < -0.3 is 14.8 Å². The molecule has 0 aromatic carbocycles. The summed E-state index contributed by atoms with van der Waals surface area (Å²) in [6, 6.07) is 1.48. The summed E-state index contributed by atoms with van der Waals surface area (Å²) < 4.78 is 12.1. The minimum absolute atomic E-state index is 0.459. The average Bonchev–Trinajstić information content (AvgIpc) is 2.98. The van der Waals surface area contributed by atoms with Gasteiger partial charge in [-0.3, -0.25) is 4.90 Å². The first-order chi connectivity index (χ1) is 9.88. The van der Waals surface area contributed by atoms with Gasteiger partial charge in [0.1, 0.15) is 0 Å². The summed E-state index contributed by atoms with van der Waals surface area (Å²) >= 11 is 0. The van der Waals surface area contributed by atoms with Crippen molar-refractivity contribution in [2.24, 2.45) is 0 Å².